The molecule has 1 saturated carbocycles. The van der Waals surface area contributed by atoms with Crippen LogP contribution >= 0.6 is 0 Å². The van der Waals surface area contributed by atoms with Crippen molar-refractivity contribution >= 4 is 65.2 Å². The van der Waals surface area contributed by atoms with Gasteiger partial charge in [-0.3, -0.25) is 54.6 Å². The van der Waals surface area contributed by atoms with Crippen molar-refractivity contribution in [2.75, 3.05) is 93.4 Å². The van der Waals surface area contributed by atoms with Crippen LogP contribution in [-0.4, -0.2) is 231 Å². The molecular formula is C81H73F2N15O16. The van der Waals surface area contributed by atoms with Crippen LogP contribution < -0.4 is 46.1 Å². The molecule has 7 aromatic rings. The van der Waals surface area contributed by atoms with E-state index in [-0.39, 0.29) is 73.6 Å². The van der Waals surface area contributed by atoms with Crippen LogP contribution in [0.5, 0.6) is 23.0 Å². The third kappa shape index (κ3) is 15.6. The number of piperazine rings is 1. The molecule has 0 bridgehead atoms. The Hall–Kier alpha value is -14.1. The minimum atomic E-state index is -1.73. The Morgan fingerprint density at radius 3 is 1.35 bits per heavy atom. The van der Waals surface area contributed by atoms with Crippen molar-refractivity contribution in [2.24, 2.45) is 10.3 Å². The van der Waals surface area contributed by atoms with E-state index in [0.29, 0.717) is 100.0 Å². The summed E-state index contributed by atoms with van der Waals surface area (Å²) in [6.45, 7) is 5.41. The average Bonchev–Trinajstić information content (AvgIpc) is 1.61. The van der Waals surface area contributed by atoms with Crippen molar-refractivity contribution in [1.82, 2.24) is 66.3 Å². The summed E-state index contributed by atoms with van der Waals surface area (Å²) in [5.41, 5.74) is 1.01. The number of nitrogens with zero attached hydrogens (tertiary/aromatic N) is 9. The number of carbonyl (C=O) groups excluding carboxylic acids is 9. The van der Waals surface area contributed by atoms with E-state index in [2.05, 4.69) is 92.5 Å². The Bertz CT molecular complexity index is 5370. The zero-order valence-electron chi connectivity index (χ0n) is 61.5. The number of oxime groups is 2. The molecular weight excluding hydrogens is 1480 g/mol. The zero-order chi connectivity index (χ0) is 80.2. The monoisotopic (exact) mass is 1550 g/mol. The molecule has 12 amide bonds. The minimum absolute atomic E-state index is 0.0333. The van der Waals surface area contributed by atoms with Crippen molar-refractivity contribution in [2.45, 2.75) is 55.1 Å². The van der Waals surface area contributed by atoms with Gasteiger partial charge in [-0.2, -0.15) is 0 Å². The molecule has 0 unspecified atom stereocenters. The first kappa shape index (κ1) is 76.7. The summed E-state index contributed by atoms with van der Waals surface area (Å²) in [6, 6.07) is 33.8. The van der Waals surface area contributed by atoms with Crippen molar-refractivity contribution < 1.29 is 86.4 Å². The molecule has 9 N–H and O–H groups in total. The molecule has 582 valence electrons. The summed E-state index contributed by atoms with van der Waals surface area (Å²) in [5.74, 6) is 13.6. The number of aromatic nitrogens is 1. The highest BCUT2D eigenvalue weighted by atomic mass is 19.1. The molecule has 6 aromatic carbocycles. The summed E-state index contributed by atoms with van der Waals surface area (Å²) in [5, 5.41) is 50.5. The van der Waals surface area contributed by atoms with E-state index in [4.69, 9.17) is 18.9 Å². The van der Waals surface area contributed by atoms with E-state index in [1.54, 1.807) is 115 Å². The highest BCUT2D eigenvalue weighted by Gasteiger charge is 2.52. The predicted molar refractivity (Wildman–Crippen MR) is 401 cm³/mol. The second-order valence-corrected chi connectivity index (χ2v) is 27.7. The Kier molecular flexibility index (Phi) is 21.6. The molecule has 0 radical (unpaired) electrons. The number of methoxy groups -OCH3 is 3. The Balaban J connectivity index is 0.000000142. The zero-order valence-corrected chi connectivity index (χ0v) is 61.5. The molecule has 114 heavy (non-hydrogen) atoms. The highest BCUT2D eigenvalue weighted by molar-refractivity contribution is 6.12. The molecule has 9 aliphatic rings. The summed E-state index contributed by atoms with van der Waals surface area (Å²) in [6.07, 6.45) is 4.07. The second-order valence-electron chi connectivity index (χ2n) is 27.7. The second kappa shape index (κ2) is 32.1. The molecule has 9 heterocycles. The fourth-order valence-electron chi connectivity index (χ4n) is 14.4. The van der Waals surface area contributed by atoms with Crippen molar-refractivity contribution in [3.8, 4) is 69.8 Å². The number of amides is 12. The Morgan fingerprint density at radius 2 is 0.947 bits per heavy atom. The largest absolute Gasteiger partial charge is 0.506 e. The van der Waals surface area contributed by atoms with Gasteiger partial charge in [0.25, 0.3) is 35.4 Å². The van der Waals surface area contributed by atoms with Gasteiger partial charge in [0.15, 0.2) is 34.8 Å². The van der Waals surface area contributed by atoms with Crippen LogP contribution in [0.3, 0.4) is 0 Å². The summed E-state index contributed by atoms with van der Waals surface area (Å²) in [7, 11) is 4.13. The average molecular weight is 1550 g/mol. The maximum Gasteiger partial charge on any atom is 0.323 e. The van der Waals surface area contributed by atoms with Gasteiger partial charge in [-0.05, 0) is 127 Å². The number of benzene rings is 6. The van der Waals surface area contributed by atoms with Crippen molar-refractivity contribution in [3.63, 3.8) is 0 Å². The first-order valence-electron chi connectivity index (χ1n) is 36.0. The molecule has 1 aliphatic carbocycles. The van der Waals surface area contributed by atoms with Gasteiger partial charge in [0.1, 0.15) is 17.2 Å². The van der Waals surface area contributed by atoms with E-state index in [1.807, 2.05) is 4.90 Å². The normalized spacial score (nSPS) is 20.8. The predicted octanol–water partition coefficient (Wildman–Crippen LogP) is 4.27. The van der Waals surface area contributed by atoms with E-state index >= 15 is 0 Å². The molecule has 3 atom stereocenters. The summed E-state index contributed by atoms with van der Waals surface area (Å²) in [4.78, 5) is 128. The van der Waals surface area contributed by atoms with Gasteiger partial charge in [0.2, 0.25) is 16.6 Å². The fourth-order valence-corrected chi connectivity index (χ4v) is 14.4. The number of morpholine rings is 1. The van der Waals surface area contributed by atoms with E-state index in [1.165, 1.54) is 67.1 Å². The van der Waals surface area contributed by atoms with E-state index in [0.717, 1.165) is 37.3 Å². The number of urea groups is 3. The number of hydrogen-bond donors (Lipinski definition) is 9. The van der Waals surface area contributed by atoms with Crippen molar-refractivity contribution in [3.05, 3.63) is 206 Å². The quantitative estimate of drug-likeness (QED) is 0.0194. The lowest BCUT2D eigenvalue weighted by Gasteiger charge is -2.36. The fraction of sp³-hybridized carbons (Fsp3) is 0.284. The van der Waals surface area contributed by atoms with Gasteiger partial charge in [0.05, 0.1) is 65.3 Å². The van der Waals surface area contributed by atoms with Crippen molar-refractivity contribution in [1.29, 1.82) is 0 Å². The van der Waals surface area contributed by atoms with Crippen LogP contribution in [0, 0.1) is 47.2 Å². The highest BCUT2D eigenvalue weighted by Crippen LogP contribution is 2.36. The van der Waals surface area contributed by atoms with E-state index in [9.17, 15) is 67.5 Å². The van der Waals surface area contributed by atoms with Crippen LogP contribution in [0.2, 0.25) is 0 Å². The van der Waals surface area contributed by atoms with E-state index < -0.39 is 75.9 Å². The van der Waals surface area contributed by atoms with Gasteiger partial charge in [-0.1, -0.05) is 76.2 Å². The molecule has 0 spiro atoms. The molecule has 1 aromatic heterocycles. The lowest BCUT2D eigenvalue weighted by molar-refractivity contribution is -0.123. The summed E-state index contributed by atoms with van der Waals surface area (Å²) < 4.78 is 50.1. The lowest BCUT2D eigenvalue weighted by atomic mass is 9.98. The number of aromatic hydroxyl groups is 1. The molecule has 5 saturated heterocycles. The third-order valence-electron chi connectivity index (χ3n) is 20.5. The van der Waals surface area contributed by atoms with Gasteiger partial charge >= 0.3 is 18.1 Å². The van der Waals surface area contributed by atoms with Gasteiger partial charge < -0.3 is 74.9 Å². The number of rotatable bonds is 13. The summed E-state index contributed by atoms with van der Waals surface area (Å²) >= 11 is 0. The van der Waals surface area contributed by atoms with Gasteiger partial charge in [-0.15, -0.1) is 0 Å². The number of halogens is 2. The molecule has 6 fully saturated rings. The van der Waals surface area contributed by atoms with Gasteiger partial charge in [0, 0.05) is 110 Å². The molecule has 16 rings (SSSR count). The standard InChI is InChI=1S/C29H29FN6O5.C26H19FN4O5.C26H25N5O6/c1-41-22-9-6-20-16-36(26(37)23(20)24(22)30)17-29(27(38)31-28(39)32-29)11-10-18-2-4-19(5-3-18)25(33-40)35-14-12-34(13-15-35)21-7-8-21;1-36-19-9-8-17-13-31(23(33)20(17)21(19)27)14-26(24(34)29-25(35)30-26)11-10-15-4-6-16(7-5-15)22-18(32)3-2-12-28-22;1-36-20-7-6-19-15-31(23(32)21(19)14-20)16-26(24(33)27-25(34)28-26)9-8-17-2-4-18(5-3-17)22(29-35)30-10-12-37-13-11-30/h2-6,9,21,40H,7-8,12-17H2,1H3,(H2,31,32,38,39);2-9,12,32H,13-14H2,1H3,(H2,29,30,34,35);2-7,14,35H,10-13,15-16H2,1H3,(H2,27,28,33,34)/t29-;2*26-/m111/s1. The van der Waals surface area contributed by atoms with Crippen LogP contribution in [0.1, 0.15) is 88.4 Å². The number of hydrogen-bond acceptors (Lipinski definition) is 20. The number of carbonyl (C=O) groups is 9. The lowest BCUT2D eigenvalue weighted by Crippen LogP contribution is -2.54. The van der Waals surface area contributed by atoms with Crippen LogP contribution in [0.4, 0.5) is 23.2 Å². The third-order valence-corrected chi connectivity index (χ3v) is 20.5. The number of nitrogens with one attached hydrogen (secondary N) is 6. The minimum Gasteiger partial charge on any atom is -0.506 e. The van der Waals surface area contributed by atoms with Gasteiger partial charge in [-0.25, -0.2) is 23.2 Å². The van der Waals surface area contributed by atoms with Crippen LogP contribution in [0.25, 0.3) is 11.3 Å². The van der Waals surface area contributed by atoms with Crippen LogP contribution in [-0.2, 0) is 38.8 Å². The number of fused-ring (bicyclic) bond motifs is 3. The first-order valence-corrected chi connectivity index (χ1v) is 36.0. The molecule has 8 aliphatic heterocycles. The Labute approximate surface area is 650 Å². The maximum absolute atomic E-state index is 14.8. The molecule has 33 heteroatoms. The smallest absolute Gasteiger partial charge is 0.323 e. The maximum atomic E-state index is 14.8. The first-order chi connectivity index (χ1) is 55.0. The van der Waals surface area contributed by atoms with Crippen LogP contribution in [0.15, 0.2) is 144 Å². The number of ether oxygens (including phenoxy) is 4. The number of amidine groups is 2. The SMILES string of the molecule is COc1ccc2c(c1)C(=O)N(C[C@@]1(C#Cc3ccc(C(=NO)N4CCOCC4)cc3)NC(=O)NC1=O)C2.COc1ccc2c(c1F)C(=O)N(C[C@@]1(C#Cc3ccc(-c4ncccc4O)cc3)NC(=O)NC1=O)C2.COc1ccc2c(c1F)C(=O)N(C[C@@]1(C#Cc3ccc(C(=NO)N4CCN(C5CC5)CC4)cc3)NC(=O)NC1=O)C2. The topological polar surface area (TPSA) is 380 Å². The Morgan fingerprint density at radius 1 is 0.526 bits per heavy atom. The number of imide groups is 3. The number of pyridine rings is 1. The molecule has 31 nitrogen and oxygen atoms in total.